The average Bonchev–Trinajstić information content (AvgIpc) is 3.34. The monoisotopic (exact) mass is 773 g/mol. The van der Waals surface area contributed by atoms with Gasteiger partial charge in [-0.2, -0.15) is 0 Å². The summed E-state index contributed by atoms with van der Waals surface area (Å²) in [6.07, 6.45) is 0. The second-order valence-corrected chi connectivity index (χ2v) is 16.0. The Bertz CT molecular complexity index is 3630. The van der Waals surface area contributed by atoms with Crippen LogP contribution in [0.15, 0.2) is 237 Å². The molecule has 1 heteroatoms. The predicted octanol–water partition coefficient (Wildman–Crippen LogP) is 17.1. The Morgan fingerprint density at radius 1 is 0.230 bits per heavy atom. The molecule has 1 nitrogen and oxygen atoms in total. The van der Waals surface area contributed by atoms with Crippen molar-refractivity contribution in [2.75, 3.05) is 4.90 Å². The highest BCUT2D eigenvalue weighted by Crippen LogP contribution is 2.51. The van der Waals surface area contributed by atoms with Crippen LogP contribution in [0.1, 0.15) is 0 Å². The van der Waals surface area contributed by atoms with Crippen molar-refractivity contribution in [3.8, 4) is 33.4 Å². The van der Waals surface area contributed by atoms with E-state index in [0.717, 1.165) is 17.1 Å². The molecule has 0 fully saturated rings. The normalized spacial score (nSPS) is 11.6. The molecule has 61 heavy (non-hydrogen) atoms. The third kappa shape index (κ3) is 5.86. The largest absolute Gasteiger partial charge is 0.309 e. The van der Waals surface area contributed by atoms with Gasteiger partial charge in [0, 0.05) is 22.3 Å². The van der Waals surface area contributed by atoms with Gasteiger partial charge in [-0.3, -0.25) is 0 Å². The molecule has 12 aromatic rings. The molecule has 12 aromatic carbocycles. The highest BCUT2D eigenvalue weighted by molar-refractivity contribution is 6.24. The Hall–Kier alpha value is -8.00. The summed E-state index contributed by atoms with van der Waals surface area (Å²) in [5.41, 5.74) is 10.6. The molecule has 0 saturated heterocycles. The van der Waals surface area contributed by atoms with Gasteiger partial charge in [0.15, 0.2) is 0 Å². The maximum Gasteiger partial charge on any atom is 0.0625 e. The van der Waals surface area contributed by atoms with Crippen molar-refractivity contribution in [2.24, 2.45) is 0 Å². The van der Waals surface area contributed by atoms with E-state index in [1.807, 2.05) is 0 Å². The summed E-state index contributed by atoms with van der Waals surface area (Å²) in [4.78, 5) is 2.50. The molecule has 0 saturated carbocycles. The van der Waals surface area contributed by atoms with E-state index in [1.54, 1.807) is 0 Å². The van der Waals surface area contributed by atoms with Crippen molar-refractivity contribution >= 4 is 81.7 Å². The quantitative estimate of drug-likeness (QED) is 0.152. The van der Waals surface area contributed by atoms with E-state index in [1.165, 1.54) is 98.0 Å². The molecule has 12 rings (SSSR count). The Kier molecular flexibility index (Phi) is 8.25. The van der Waals surface area contributed by atoms with Gasteiger partial charge >= 0.3 is 0 Å². The SMILES string of the molecule is c1ccc2cc(-c3ccc(N(c4ccc(-c5cc6ccccc6c6ccccc56)cc4)c4c(-c5cccc6ccccc56)c5ccccc5c5ccccc45)cc3)ccc2c1. The first-order valence-electron chi connectivity index (χ1n) is 21.1. The molecule has 0 aliphatic carbocycles. The van der Waals surface area contributed by atoms with Gasteiger partial charge in [-0.15, -0.1) is 0 Å². The first-order chi connectivity index (χ1) is 30.3. The maximum absolute atomic E-state index is 2.50. The number of anilines is 3. The zero-order chi connectivity index (χ0) is 40.3. The molecule has 0 heterocycles. The minimum atomic E-state index is 1.09. The van der Waals surface area contributed by atoms with E-state index in [0.29, 0.717) is 0 Å². The maximum atomic E-state index is 2.50. The van der Waals surface area contributed by atoms with Crippen LogP contribution in [-0.2, 0) is 0 Å². The lowest BCUT2D eigenvalue weighted by Crippen LogP contribution is -2.12. The summed E-state index contributed by atoms with van der Waals surface area (Å²) >= 11 is 0. The third-order valence-electron chi connectivity index (χ3n) is 12.6. The number of hydrogen-bond acceptors (Lipinski definition) is 1. The Labute approximate surface area is 355 Å². The molecular formula is C60H39N. The molecule has 0 atom stereocenters. The summed E-state index contributed by atoms with van der Waals surface area (Å²) in [5.74, 6) is 0. The third-order valence-corrected chi connectivity index (χ3v) is 12.6. The topological polar surface area (TPSA) is 3.24 Å². The van der Waals surface area contributed by atoms with Crippen molar-refractivity contribution in [3.05, 3.63) is 237 Å². The number of hydrogen-bond donors (Lipinski definition) is 0. The van der Waals surface area contributed by atoms with Crippen LogP contribution in [0.4, 0.5) is 17.1 Å². The average molecular weight is 774 g/mol. The Morgan fingerprint density at radius 3 is 1.41 bits per heavy atom. The number of fused-ring (bicyclic) bond motifs is 8. The van der Waals surface area contributed by atoms with Crippen LogP contribution in [0.2, 0.25) is 0 Å². The highest BCUT2D eigenvalue weighted by atomic mass is 15.1. The molecule has 0 N–H and O–H groups in total. The molecule has 0 bridgehead atoms. The van der Waals surface area contributed by atoms with Gasteiger partial charge in [-0.1, -0.05) is 200 Å². The van der Waals surface area contributed by atoms with Gasteiger partial charge in [0.1, 0.15) is 0 Å². The second-order valence-electron chi connectivity index (χ2n) is 16.0. The molecule has 0 radical (unpaired) electrons. The summed E-state index contributed by atoms with van der Waals surface area (Å²) in [6.45, 7) is 0. The predicted molar refractivity (Wildman–Crippen MR) is 262 cm³/mol. The van der Waals surface area contributed by atoms with Crippen molar-refractivity contribution in [2.45, 2.75) is 0 Å². The first kappa shape index (κ1) is 35.0. The molecule has 284 valence electrons. The van der Waals surface area contributed by atoms with Crippen LogP contribution >= 0.6 is 0 Å². The van der Waals surface area contributed by atoms with E-state index >= 15 is 0 Å². The van der Waals surface area contributed by atoms with Gasteiger partial charge in [0.2, 0.25) is 0 Å². The molecule has 0 aliphatic heterocycles. The summed E-state index contributed by atoms with van der Waals surface area (Å²) < 4.78 is 0. The van der Waals surface area contributed by atoms with E-state index < -0.39 is 0 Å². The first-order valence-corrected chi connectivity index (χ1v) is 21.1. The van der Waals surface area contributed by atoms with Crippen LogP contribution in [0.25, 0.3) is 98.0 Å². The highest BCUT2D eigenvalue weighted by Gasteiger charge is 2.25. The fourth-order valence-corrected chi connectivity index (χ4v) is 9.73. The van der Waals surface area contributed by atoms with Crippen LogP contribution in [0.5, 0.6) is 0 Å². The molecule has 0 spiro atoms. The van der Waals surface area contributed by atoms with Gasteiger partial charge < -0.3 is 4.90 Å². The molecular weight excluding hydrogens is 735 g/mol. The Balaban J connectivity index is 1.12. The van der Waals surface area contributed by atoms with Crippen molar-refractivity contribution in [1.29, 1.82) is 0 Å². The summed E-state index contributed by atoms with van der Waals surface area (Å²) in [6, 6.07) is 87.0. The van der Waals surface area contributed by atoms with Crippen molar-refractivity contribution in [3.63, 3.8) is 0 Å². The fourth-order valence-electron chi connectivity index (χ4n) is 9.73. The Morgan fingerprint density at radius 2 is 0.705 bits per heavy atom. The van der Waals surface area contributed by atoms with E-state index in [2.05, 4.69) is 241 Å². The van der Waals surface area contributed by atoms with Gasteiger partial charge in [0.05, 0.1) is 5.69 Å². The van der Waals surface area contributed by atoms with Crippen LogP contribution in [0, 0.1) is 0 Å². The lowest BCUT2D eigenvalue weighted by Gasteiger charge is -2.31. The molecule has 0 amide bonds. The molecule has 0 aromatic heterocycles. The summed E-state index contributed by atoms with van der Waals surface area (Å²) in [7, 11) is 0. The number of rotatable bonds is 6. The standard InChI is InChI=1S/C60H39N/c1-2-16-44-38-45(29-28-40(44)14-1)41-30-34-47(35-31-41)61(48-36-32-43(33-37-48)58-39-46-17-4-6-20-50(46)51-21-7-8-24-54(51)58)60-57-26-12-10-23-53(57)52-22-9-11-25-56(52)59(60)55-27-13-18-42-15-3-5-19-49(42)55/h1-39H. The smallest absolute Gasteiger partial charge is 0.0625 e. The van der Waals surface area contributed by atoms with Gasteiger partial charge in [-0.05, 0) is 123 Å². The van der Waals surface area contributed by atoms with Crippen molar-refractivity contribution < 1.29 is 0 Å². The zero-order valence-corrected chi connectivity index (χ0v) is 33.5. The van der Waals surface area contributed by atoms with E-state index in [4.69, 9.17) is 0 Å². The molecule has 0 unspecified atom stereocenters. The lowest BCUT2D eigenvalue weighted by atomic mass is 9.88. The van der Waals surface area contributed by atoms with E-state index in [-0.39, 0.29) is 0 Å². The van der Waals surface area contributed by atoms with Gasteiger partial charge in [0.25, 0.3) is 0 Å². The van der Waals surface area contributed by atoms with Gasteiger partial charge in [-0.25, -0.2) is 0 Å². The minimum Gasteiger partial charge on any atom is -0.309 e. The minimum absolute atomic E-state index is 1.09. The van der Waals surface area contributed by atoms with Crippen molar-refractivity contribution in [1.82, 2.24) is 0 Å². The zero-order valence-electron chi connectivity index (χ0n) is 33.5. The summed E-state index contributed by atoms with van der Waals surface area (Å²) in [5, 5.41) is 14.9. The number of nitrogens with zero attached hydrogens (tertiary/aromatic N) is 1. The van der Waals surface area contributed by atoms with Crippen LogP contribution in [0.3, 0.4) is 0 Å². The molecule has 0 aliphatic rings. The van der Waals surface area contributed by atoms with E-state index in [9.17, 15) is 0 Å². The fraction of sp³-hybridized carbons (Fsp3) is 0. The second kappa shape index (κ2) is 14.4. The lowest BCUT2D eigenvalue weighted by molar-refractivity contribution is 1.30. The van der Waals surface area contributed by atoms with Crippen LogP contribution < -0.4 is 4.90 Å². The number of benzene rings is 12. The van der Waals surface area contributed by atoms with Crippen LogP contribution in [-0.4, -0.2) is 0 Å².